The highest BCUT2D eigenvalue weighted by Gasteiger charge is 2.41. The number of hydrogen-bond acceptors (Lipinski definition) is 3. The fourth-order valence-corrected chi connectivity index (χ4v) is 2.95. The Hall–Kier alpha value is -0.390. The second-order valence-electron chi connectivity index (χ2n) is 4.74. The van der Waals surface area contributed by atoms with Gasteiger partial charge in [0.05, 0.1) is 35.6 Å². The van der Waals surface area contributed by atoms with Gasteiger partial charge in [-0.2, -0.15) is 5.10 Å². The zero-order valence-corrected chi connectivity index (χ0v) is 12.2. The molecule has 0 radical (unpaired) electrons. The maximum absolute atomic E-state index is 5.12. The highest BCUT2D eigenvalue weighted by Crippen LogP contribution is 2.47. The van der Waals surface area contributed by atoms with Gasteiger partial charge in [0.1, 0.15) is 0 Å². The molecule has 96 valence electrons. The number of halogens is 1. The summed E-state index contributed by atoms with van der Waals surface area (Å²) in [5.41, 5.74) is 1.25. The van der Waals surface area contributed by atoms with Gasteiger partial charge in [0, 0.05) is 7.11 Å². The lowest BCUT2D eigenvalue weighted by Gasteiger charge is -2.18. The lowest BCUT2D eigenvalue weighted by molar-refractivity contribution is 0.181. The van der Waals surface area contributed by atoms with Crippen molar-refractivity contribution < 1.29 is 4.74 Å². The van der Waals surface area contributed by atoms with Crippen LogP contribution in [0.2, 0.25) is 0 Å². The summed E-state index contributed by atoms with van der Waals surface area (Å²) in [6.45, 7) is 3.80. The van der Waals surface area contributed by atoms with Crippen LogP contribution in [0.5, 0.6) is 0 Å². The lowest BCUT2D eigenvalue weighted by Crippen LogP contribution is -2.24. The topological polar surface area (TPSA) is 39.1 Å². The smallest absolute Gasteiger partial charge is 0.0699 e. The van der Waals surface area contributed by atoms with Crippen LogP contribution in [0.25, 0.3) is 0 Å². The van der Waals surface area contributed by atoms with E-state index >= 15 is 0 Å². The third-order valence-electron chi connectivity index (χ3n) is 3.55. The molecule has 1 aromatic rings. The average molecular weight is 302 g/mol. The van der Waals surface area contributed by atoms with Gasteiger partial charge in [-0.15, -0.1) is 0 Å². The summed E-state index contributed by atoms with van der Waals surface area (Å²) in [4.78, 5) is 0. The van der Waals surface area contributed by atoms with Crippen molar-refractivity contribution >= 4 is 15.9 Å². The molecule has 0 aliphatic heterocycles. The monoisotopic (exact) mass is 301 g/mol. The number of aromatic nitrogens is 2. The van der Waals surface area contributed by atoms with Crippen molar-refractivity contribution in [3.63, 3.8) is 0 Å². The van der Waals surface area contributed by atoms with Crippen LogP contribution in [0.1, 0.15) is 25.1 Å². The second kappa shape index (κ2) is 5.50. The second-order valence-corrected chi connectivity index (χ2v) is 5.59. The first-order valence-electron chi connectivity index (χ1n) is 6.06. The molecule has 1 aliphatic rings. The number of methoxy groups -OCH3 is 1. The average Bonchev–Trinajstić information content (AvgIpc) is 2.92. The Morgan fingerprint density at radius 3 is 2.94 bits per heavy atom. The fourth-order valence-electron chi connectivity index (χ4n) is 2.41. The summed E-state index contributed by atoms with van der Waals surface area (Å²) in [5.74, 6) is 1.54. The van der Waals surface area contributed by atoms with Gasteiger partial charge in [0.2, 0.25) is 0 Å². The van der Waals surface area contributed by atoms with Gasteiger partial charge in [-0.25, -0.2) is 0 Å². The minimum absolute atomic E-state index is 0.388. The third-order valence-corrected chi connectivity index (χ3v) is 4.16. The molecule has 1 saturated carbocycles. The van der Waals surface area contributed by atoms with E-state index in [2.05, 4.69) is 33.3 Å². The van der Waals surface area contributed by atoms with E-state index in [1.807, 2.05) is 17.9 Å². The molecule has 1 N–H and O–H groups in total. The molecule has 5 heteroatoms. The summed E-state index contributed by atoms with van der Waals surface area (Å²) in [5, 5.41) is 7.83. The maximum Gasteiger partial charge on any atom is 0.0699 e. The normalized spacial score (nSPS) is 24.9. The minimum atomic E-state index is 0.388. The molecule has 1 aromatic heterocycles. The van der Waals surface area contributed by atoms with Crippen LogP contribution < -0.4 is 5.32 Å². The molecule has 4 nitrogen and oxygen atoms in total. The van der Waals surface area contributed by atoms with E-state index in [0.717, 1.165) is 22.9 Å². The van der Waals surface area contributed by atoms with Crippen molar-refractivity contribution in [1.82, 2.24) is 15.1 Å². The van der Waals surface area contributed by atoms with Gasteiger partial charge < -0.3 is 10.1 Å². The van der Waals surface area contributed by atoms with E-state index in [0.29, 0.717) is 12.6 Å². The summed E-state index contributed by atoms with van der Waals surface area (Å²) in [7, 11) is 3.74. The number of nitrogens with one attached hydrogen (secondary N) is 1. The van der Waals surface area contributed by atoms with E-state index in [9.17, 15) is 0 Å². The van der Waals surface area contributed by atoms with Crippen molar-refractivity contribution in [2.24, 2.45) is 11.8 Å². The quantitative estimate of drug-likeness (QED) is 0.875. The molecule has 0 saturated heterocycles. The molecular formula is C12H20BrN3O. The largest absolute Gasteiger partial charge is 0.383 e. The Balaban J connectivity index is 2.19. The SMILES string of the molecule is CNC(c1c(Br)cnn1CCOC)C1CC1C. The van der Waals surface area contributed by atoms with Crippen molar-refractivity contribution in [2.45, 2.75) is 25.9 Å². The van der Waals surface area contributed by atoms with E-state index < -0.39 is 0 Å². The number of nitrogens with zero attached hydrogens (tertiary/aromatic N) is 2. The molecular weight excluding hydrogens is 282 g/mol. The Bertz CT molecular complexity index is 380. The summed E-state index contributed by atoms with van der Waals surface area (Å²) in [6, 6.07) is 0.388. The molecule has 0 bridgehead atoms. The van der Waals surface area contributed by atoms with Crippen molar-refractivity contribution in [3.05, 3.63) is 16.4 Å². The lowest BCUT2D eigenvalue weighted by atomic mass is 10.1. The van der Waals surface area contributed by atoms with Crippen molar-refractivity contribution in [3.8, 4) is 0 Å². The van der Waals surface area contributed by atoms with Crippen LogP contribution in [0.3, 0.4) is 0 Å². The van der Waals surface area contributed by atoms with Gasteiger partial charge >= 0.3 is 0 Å². The molecule has 0 amide bonds. The number of ether oxygens (including phenoxy) is 1. The van der Waals surface area contributed by atoms with E-state index in [1.54, 1.807) is 7.11 Å². The van der Waals surface area contributed by atoms with Crippen molar-refractivity contribution in [2.75, 3.05) is 20.8 Å². The summed E-state index contributed by atoms with van der Waals surface area (Å²) in [6.07, 6.45) is 3.18. The molecule has 3 unspecified atom stereocenters. The van der Waals surface area contributed by atoms with E-state index in [1.165, 1.54) is 12.1 Å². The van der Waals surface area contributed by atoms with Crippen LogP contribution in [0, 0.1) is 11.8 Å². The maximum atomic E-state index is 5.12. The molecule has 0 aromatic carbocycles. The van der Waals surface area contributed by atoms with E-state index in [-0.39, 0.29) is 0 Å². The highest BCUT2D eigenvalue weighted by molar-refractivity contribution is 9.10. The van der Waals surface area contributed by atoms with Gasteiger partial charge in [-0.3, -0.25) is 4.68 Å². The first-order chi connectivity index (χ1) is 8.19. The zero-order chi connectivity index (χ0) is 12.4. The molecule has 1 heterocycles. The molecule has 2 rings (SSSR count). The van der Waals surface area contributed by atoms with Crippen LogP contribution in [0.4, 0.5) is 0 Å². The van der Waals surface area contributed by atoms with Crippen LogP contribution in [-0.2, 0) is 11.3 Å². The Morgan fingerprint density at radius 2 is 2.41 bits per heavy atom. The predicted molar refractivity (Wildman–Crippen MR) is 70.9 cm³/mol. The number of hydrogen-bond donors (Lipinski definition) is 1. The van der Waals surface area contributed by atoms with Crippen LogP contribution in [-0.4, -0.2) is 30.5 Å². The van der Waals surface area contributed by atoms with E-state index in [4.69, 9.17) is 4.74 Å². The minimum Gasteiger partial charge on any atom is -0.383 e. The Labute approximate surface area is 111 Å². The first kappa shape index (κ1) is 13.1. The van der Waals surface area contributed by atoms with Gasteiger partial charge in [-0.05, 0) is 41.2 Å². The summed E-state index contributed by atoms with van der Waals surface area (Å²) < 4.78 is 8.26. The summed E-state index contributed by atoms with van der Waals surface area (Å²) >= 11 is 3.60. The van der Waals surface area contributed by atoms with Crippen LogP contribution in [0.15, 0.2) is 10.7 Å². The van der Waals surface area contributed by atoms with Crippen molar-refractivity contribution in [1.29, 1.82) is 0 Å². The number of rotatable bonds is 6. The van der Waals surface area contributed by atoms with Crippen LogP contribution >= 0.6 is 15.9 Å². The molecule has 0 spiro atoms. The van der Waals surface area contributed by atoms with Gasteiger partial charge in [0.25, 0.3) is 0 Å². The van der Waals surface area contributed by atoms with Gasteiger partial charge in [0.15, 0.2) is 0 Å². The molecule has 3 atom stereocenters. The molecule has 1 fully saturated rings. The third kappa shape index (κ3) is 2.72. The molecule has 17 heavy (non-hydrogen) atoms. The first-order valence-corrected chi connectivity index (χ1v) is 6.85. The predicted octanol–water partition coefficient (Wildman–Crippen LogP) is 2.21. The molecule has 1 aliphatic carbocycles. The Morgan fingerprint density at radius 1 is 1.71 bits per heavy atom. The standard InChI is InChI=1S/C12H20BrN3O/c1-8-6-9(8)11(14-2)12-10(13)7-15-16(12)4-5-17-3/h7-9,11,14H,4-6H2,1-3H3. The zero-order valence-electron chi connectivity index (χ0n) is 10.6. The van der Waals surface area contributed by atoms with Gasteiger partial charge in [-0.1, -0.05) is 6.92 Å². The Kier molecular flexibility index (Phi) is 4.22. The highest BCUT2D eigenvalue weighted by atomic mass is 79.9. The fraction of sp³-hybridized carbons (Fsp3) is 0.750.